The Morgan fingerprint density at radius 2 is 1.66 bits per heavy atom. The first-order valence-electron chi connectivity index (χ1n) is 19.7. The fourth-order valence-electron chi connectivity index (χ4n) is 6.88. The topological polar surface area (TPSA) is 184 Å². The number of sulfonamides is 1. The monoisotopic (exact) mass is 861 g/mol. The lowest BCUT2D eigenvalue weighted by Crippen LogP contribution is -2.46. The number of benzene rings is 1. The quantitative estimate of drug-likeness (QED) is 0.122. The van der Waals surface area contributed by atoms with Crippen LogP contribution < -0.4 is 14.9 Å². The molecule has 2 aliphatic rings. The summed E-state index contributed by atoms with van der Waals surface area (Å²) in [5, 5.41) is 8.17. The summed E-state index contributed by atoms with van der Waals surface area (Å²) in [5.41, 5.74) is 1.73. The second-order valence-corrected chi connectivity index (χ2v) is 17.5. The van der Waals surface area contributed by atoms with E-state index >= 15 is 0 Å². The van der Waals surface area contributed by atoms with Gasteiger partial charge in [-0.1, -0.05) is 17.5 Å². The molecule has 4 heterocycles. The number of alkyl carbamates (subject to hydrolysis) is 1. The van der Waals surface area contributed by atoms with Crippen LogP contribution >= 0.6 is 11.6 Å². The number of fused-ring (bicyclic) bond motifs is 1. The number of aryl methyl sites for hydroxylation is 1. The SMILES string of the molecule is C#CCOCCOCCOCCOCCO[C@@H]1CN(c2nc3cc([C@@H]4CCCCN4C(=O)c4cc(Cl)ccc4NS(C)(=O)=O)nn3cc2C)C[C@H]1NC(=O)OC(C)(C)C. The lowest BCUT2D eigenvalue weighted by molar-refractivity contribution is -0.0231. The Labute approximate surface area is 351 Å². The first-order valence-corrected chi connectivity index (χ1v) is 21.9. The van der Waals surface area contributed by atoms with E-state index in [9.17, 15) is 18.0 Å². The maximum absolute atomic E-state index is 14.1. The van der Waals surface area contributed by atoms with E-state index in [0.717, 1.165) is 24.7 Å². The van der Waals surface area contributed by atoms with Gasteiger partial charge in [0.15, 0.2) is 5.65 Å². The predicted molar refractivity (Wildman–Crippen MR) is 222 cm³/mol. The zero-order valence-electron chi connectivity index (χ0n) is 34.4. The third kappa shape index (κ3) is 13.9. The molecule has 2 fully saturated rings. The van der Waals surface area contributed by atoms with Crippen molar-refractivity contribution < 1.29 is 46.4 Å². The highest BCUT2D eigenvalue weighted by Crippen LogP contribution is 2.35. The Hall–Kier alpha value is -4.22. The molecule has 2 saturated heterocycles. The number of piperidine rings is 1. The second-order valence-electron chi connectivity index (χ2n) is 15.4. The molecule has 3 aromatic rings. The van der Waals surface area contributed by atoms with Crippen LogP contribution in [0.3, 0.4) is 0 Å². The summed E-state index contributed by atoms with van der Waals surface area (Å²) in [5.74, 6) is 2.75. The average molecular weight is 862 g/mol. The molecule has 324 valence electrons. The summed E-state index contributed by atoms with van der Waals surface area (Å²) in [6, 6.07) is 5.60. The Kier molecular flexibility index (Phi) is 16.6. The third-order valence-electron chi connectivity index (χ3n) is 9.37. The van der Waals surface area contributed by atoms with Crippen LogP contribution in [0.15, 0.2) is 30.5 Å². The third-order valence-corrected chi connectivity index (χ3v) is 10.2. The van der Waals surface area contributed by atoms with Crippen molar-refractivity contribution in [1.82, 2.24) is 24.8 Å². The van der Waals surface area contributed by atoms with E-state index < -0.39 is 33.9 Å². The first-order chi connectivity index (χ1) is 28.1. The van der Waals surface area contributed by atoms with Gasteiger partial charge >= 0.3 is 6.09 Å². The van der Waals surface area contributed by atoms with Crippen molar-refractivity contribution in [2.45, 2.75) is 70.7 Å². The molecule has 2 aromatic heterocycles. The summed E-state index contributed by atoms with van der Waals surface area (Å²) >= 11 is 6.28. The van der Waals surface area contributed by atoms with E-state index in [0.29, 0.717) is 101 Å². The van der Waals surface area contributed by atoms with E-state index in [4.69, 9.17) is 56.5 Å². The van der Waals surface area contributed by atoms with Crippen LogP contribution in [-0.4, -0.2) is 143 Å². The minimum atomic E-state index is -3.66. The van der Waals surface area contributed by atoms with Crippen LogP contribution in [-0.2, 0) is 38.4 Å². The number of nitrogens with one attached hydrogen (secondary N) is 2. The van der Waals surface area contributed by atoms with E-state index in [2.05, 4.69) is 20.9 Å². The Morgan fingerprint density at radius 1 is 0.983 bits per heavy atom. The zero-order valence-corrected chi connectivity index (χ0v) is 36.0. The van der Waals surface area contributed by atoms with E-state index in [1.807, 2.05) is 40.0 Å². The van der Waals surface area contributed by atoms with Gasteiger partial charge in [-0.2, -0.15) is 5.10 Å². The van der Waals surface area contributed by atoms with Crippen molar-refractivity contribution in [3.63, 3.8) is 0 Å². The van der Waals surface area contributed by atoms with Crippen LogP contribution in [0.2, 0.25) is 5.02 Å². The van der Waals surface area contributed by atoms with Crippen LogP contribution in [0, 0.1) is 19.3 Å². The van der Waals surface area contributed by atoms with Gasteiger partial charge in [0.25, 0.3) is 5.91 Å². The van der Waals surface area contributed by atoms with Crippen molar-refractivity contribution in [2.24, 2.45) is 0 Å². The van der Waals surface area contributed by atoms with Gasteiger partial charge in [0.1, 0.15) is 18.0 Å². The molecule has 0 aliphatic carbocycles. The van der Waals surface area contributed by atoms with Crippen molar-refractivity contribution in [1.29, 1.82) is 0 Å². The fraction of sp³-hybridized carbons (Fsp3) is 0.600. The van der Waals surface area contributed by atoms with Crippen molar-refractivity contribution >= 4 is 50.8 Å². The minimum absolute atomic E-state index is 0.158. The number of terminal acetylenes is 1. The van der Waals surface area contributed by atoms with Gasteiger partial charge in [-0.3, -0.25) is 9.52 Å². The highest BCUT2D eigenvalue weighted by atomic mass is 35.5. The number of carbonyl (C=O) groups excluding carboxylic acids is 2. The lowest BCUT2D eigenvalue weighted by Gasteiger charge is -2.35. The highest BCUT2D eigenvalue weighted by molar-refractivity contribution is 7.92. The number of rotatable bonds is 20. The molecule has 0 unspecified atom stereocenters. The summed E-state index contributed by atoms with van der Waals surface area (Å²) in [6.45, 7) is 12.1. The molecule has 0 spiro atoms. The summed E-state index contributed by atoms with van der Waals surface area (Å²) in [6.07, 6.45) is 9.46. The maximum Gasteiger partial charge on any atom is 0.408 e. The fourth-order valence-corrected chi connectivity index (χ4v) is 7.63. The number of aromatic nitrogens is 3. The number of amides is 2. The number of ether oxygens (including phenoxy) is 6. The van der Waals surface area contributed by atoms with Crippen molar-refractivity contribution in [3.8, 4) is 12.3 Å². The van der Waals surface area contributed by atoms with Crippen LogP contribution in [0.25, 0.3) is 5.65 Å². The Bertz CT molecular complexity index is 2040. The molecule has 0 radical (unpaired) electrons. The summed E-state index contributed by atoms with van der Waals surface area (Å²) in [7, 11) is -3.66. The first kappa shape index (κ1) is 45.9. The number of carbonyl (C=O) groups is 2. The van der Waals surface area contributed by atoms with E-state index in [1.165, 1.54) is 18.2 Å². The van der Waals surface area contributed by atoms with Gasteiger partial charge < -0.3 is 43.5 Å². The molecule has 59 heavy (non-hydrogen) atoms. The van der Waals surface area contributed by atoms with Gasteiger partial charge in [-0.05, 0) is 65.2 Å². The number of hydrogen-bond donors (Lipinski definition) is 2. The van der Waals surface area contributed by atoms with Crippen LogP contribution in [0.5, 0.6) is 0 Å². The second kappa shape index (κ2) is 21.3. The molecule has 19 heteroatoms. The molecule has 2 amide bonds. The number of anilines is 2. The molecular weight excluding hydrogens is 806 g/mol. The molecule has 0 bridgehead atoms. The highest BCUT2D eigenvalue weighted by Gasteiger charge is 2.38. The van der Waals surface area contributed by atoms with Gasteiger partial charge in [-0.25, -0.2) is 22.7 Å². The number of likely N-dealkylation sites (tertiary alicyclic amines) is 1. The van der Waals surface area contributed by atoms with Crippen molar-refractivity contribution in [2.75, 3.05) is 95.0 Å². The number of hydrogen-bond acceptors (Lipinski definition) is 13. The Balaban J connectivity index is 1.23. The number of halogens is 1. The molecule has 5 rings (SSSR count). The molecule has 0 saturated carbocycles. The predicted octanol–water partition coefficient (Wildman–Crippen LogP) is 4.23. The van der Waals surface area contributed by atoms with Crippen LogP contribution in [0.4, 0.5) is 16.3 Å². The van der Waals surface area contributed by atoms with Gasteiger partial charge in [0.2, 0.25) is 10.0 Å². The molecule has 1 aromatic carbocycles. The Morgan fingerprint density at radius 3 is 2.32 bits per heavy atom. The lowest BCUT2D eigenvalue weighted by atomic mass is 9.98. The molecule has 2 N–H and O–H groups in total. The zero-order chi connectivity index (χ0) is 42.6. The molecule has 2 aliphatic heterocycles. The summed E-state index contributed by atoms with van der Waals surface area (Å²) < 4.78 is 62.1. The van der Waals surface area contributed by atoms with Crippen molar-refractivity contribution in [3.05, 3.63) is 52.3 Å². The number of nitrogens with zero attached hydrogens (tertiary/aromatic N) is 5. The van der Waals surface area contributed by atoms with E-state index in [-0.39, 0.29) is 29.8 Å². The maximum atomic E-state index is 14.1. The molecular formula is C40H56ClN7O10S. The molecule has 17 nitrogen and oxygen atoms in total. The largest absolute Gasteiger partial charge is 0.444 e. The van der Waals surface area contributed by atoms with Gasteiger partial charge in [0.05, 0.1) is 94.2 Å². The van der Waals surface area contributed by atoms with Gasteiger partial charge in [-0.15, -0.1) is 6.42 Å². The molecule has 3 atom stereocenters. The van der Waals surface area contributed by atoms with Crippen LogP contribution in [0.1, 0.15) is 67.7 Å². The summed E-state index contributed by atoms with van der Waals surface area (Å²) in [4.78, 5) is 35.8. The minimum Gasteiger partial charge on any atom is -0.444 e. The van der Waals surface area contributed by atoms with Gasteiger partial charge in [0, 0.05) is 42.5 Å². The normalized spacial score (nSPS) is 18.6. The smallest absolute Gasteiger partial charge is 0.408 e. The van der Waals surface area contributed by atoms with E-state index in [1.54, 1.807) is 9.42 Å². The standard InChI is InChI=1S/C40H56ClN7O10S/c1-7-14-53-15-16-54-17-18-55-19-20-56-21-22-57-35-27-46(26-33(35)42-39(50)58-40(3,4)5)37-28(2)25-48-36(43-37)24-32(44-48)34-10-8-9-13-47(34)38(49)30-23-29(41)11-12-31(30)45-59(6,51)52/h1,11-12,23-25,33-35,45H,8-10,13-22,26-27H2,2-6H3,(H,42,50)/t33-,34+,35-/m1/s1. The average Bonchev–Trinajstić information content (AvgIpc) is 3.76.